The predicted molar refractivity (Wildman–Crippen MR) is 90.7 cm³/mol. The maximum absolute atomic E-state index is 11.4. The van der Waals surface area contributed by atoms with Crippen molar-refractivity contribution in [3.8, 4) is 0 Å². The zero-order valence-corrected chi connectivity index (χ0v) is 13.0. The van der Waals surface area contributed by atoms with E-state index in [0.717, 1.165) is 11.1 Å². The first-order valence-corrected chi connectivity index (χ1v) is 7.34. The summed E-state index contributed by atoms with van der Waals surface area (Å²) >= 11 is 0. The van der Waals surface area contributed by atoms with Gasteiger partial charge in [0.2, 0.25) is 0 Å². The molecule has 0 fully saturated rings. The van der Waals surface area contributed by atoms with Crippen LogP contribution in [0.25, 0.3) is 12.2 Å². The third-order valence-corrected chi connectivity index (χ3v) is 2.88. The van der Waals surface area contributed by atoms with Gasteiger partial charge in [0.05, 0.1) is 0 Å². The fourth-order valence-corrected chi connectivity index (χ4v) is 1.70. The minimum Gasteiger partial charge on any atom is -0.458 e. The monoisotopic (exact) mass is 326 g/mol. The van der Waals surface area contributed by atoms with Crippen molar-refractivity contribution >= 4 is 24.1 Å². The van der Waals surface area contributed by atoms with Crippen LogP contribution in [0.5, 0.6) is 0 Å². The van der Waals surface area contributed by atoms with Crippen molar-refractivity contribution in [2.45, 2.75) is 0 Å². The number of carbonyl (C=O) groups is 2. The summed E-state index contributed by atoms with van der Waals surface area (Å²) in [5.41, 5.74) is 1.78. The first-order chi connectivity index (χ1) is 11.7. The molecule has 6 nitrogen and oxygen atoms in total. The van der Waals surface area contributed by atoms with E-state index in [9.17, 15) is 9.59 Å². The summed E-state index contributed by atoms with van der Waals surface area (Å²) in [5.74, 6) is -0.875. The zero-order chi connectivity index (χ0) is 17.0. The van der Waals surface area contributed by atoms with Crippen LogP contribution in [0.4, 0.5) is 0 Å². The topological polar surface area (TPSA) is 84.2 Å². The van der Waals surface area contributed by atoms with Gasteiger partial charge in [0.25, 0.3) is 0 Å². The molecule has 2 rings (SSSR count). The maximum Gasteiger partial charge on any atom is 0.331 e. The van der Waals surface area contributed by atoms with E-state index in [0.29, 0.717) is 0 Å². The van der Waals surface area contributed by atoms with Gasteiger partial charge in [0.15, 0.2) is 0 Å². The van der Waals surface area contributed by atoms with E-state index in [4.69, 9.17) is 9.47 Å². The van der Waals surface area contributed by atoms with Gasteiger partial charge in [-0.05, 0) is 47.6 Å². The molecule has 0 aliphatic rings. The number of nitrogens with one attached hydrogen (secondary N) is 2. The van der Waals surface area contributed by atoms with E-state index in [-0.39, 0.29) is 13.2 Å². The molecule has 0 spiro atoms. The molecule has 0 saturated heterocycles. The number of esters is 2. The van der Waals surface area contributed by atoms with Gasteiger partial charge in [-0.1, -0.05) is 0 Å². The summed E-state index contributed by atoms with van der Waals surface area (Å²) in [5, 5.41) is 0. The largest absolute Gasteiger partial charge is 0.458 e. The van der Waals surface area contributed by atoms with Gasteiger partial charge in [0, 0.05) is 36.9 Å². The van der Waals surface area contributed by atoms with Crippen LogP contribution in [0, 0.1) is 0 Å². The number of rotatable bonds is 8. The Bertz CT molecular complexity index is 648. The fraction of sp³-hybridized carbons (Fsp3) is 0.111. The second-order valence-electron chi connectivity index (χ2n) is 4.69. The molecule has 6 heteroatoms. The Hall–Kier alpha value is -3.28. The van der Waals surface area contributed by atoms with Gasteiger partial charge in [-0.15, -0.1) is 0 Å². The summed E-state index contributed by atoms with van der Waals surface area (Å²) in [6.45, 7) is 0.236. The van der Waals surface area contributed by atoms with Crippen molar-refractivity contribution < 1.29 is 19.1 Å². The predicted octanol–water partition coefficient (Wildman–Crippen LogP) is 2.71. The van der Waals surface area contributed by atoms with Crippen molar-refractivity contribution in [2.75, 3.05) is 13.2 Å². The quantitative estimate of drug-likeness (QED) is 0.444. The molecule has 0 amide bonds. The van der Waals surface area contributed by atoms with Crippen molar-refractivity contribution in [2.24, 2.45) is 0 Å². The summed E-state index contributed by atoms with van der Waals surface area (Å²) in [4.78, 5) is 28.6. The van der Waals surface area contributed by atoms with Gasteiger partial charge >= 0.3 is 11.9 Å². The van der Waals surface area contributed by atoms with E-state index < -0.39 is 11.9 Å². The van der Waals surface area contributed by atoms with Gasteiger partial charge in [-0.25, -0.2) is 9.59 Å². The van der Waals surface area contributed by atoms with Crippen LogP contribution < -0.4 is 0 Å². The molecular formula is C18H18N2O4. The molecule has 2 aromatic heterocycles. The normalized spacial score (nSPS) is 11.5. The summed E-state index contributed by atoms with van der Waals surface area (Å²) in [6, 6.07) is 3.67. The average molecular weight is 326 g/mol. The number of ether oxygens (including phenoxy) is 2. The third-order valence-electron chi connectivity index (χ3n) is 2.88. The second kappa shape index (κ2) is 9.68. The number of hydrogen-bond donors (Lipinski definition) is 2. The molecule has 2 N–H and O–H groups in total. The van der Waals surface area contributed by atoms with E-state index in [2.05, 4.69) is 9.97 Å². The van der Waals surface area contributed by atoms with Crippen LogP contribution in [0.2, 0.25) is 0 Å². The lowest BCUT2D eigenvalue weighted by Crippen LogP contribution is -2.02. The number of hydrogen-bond acceptors (Lipinski definition) is 4. The highest BCUT2D eigenvalue weighted by Gasteiger charge is 1.96. The Morgan fingerprint density at radius 2 is 1.29 bits per heavy atom. The van der Waals surface area contributed by atoms with Crippen molar-refractivity contribution in [1.82, 2.24) is 9.97 Å². The maximum atomic E-state index is 11.4. The molecular weight excluding hydrogens is 308 g/mol. The number of H-pyrrole nitrogens is 2. The Labute approximate surface area is 139 Å². The summed E-state index contributed by atoms with van der Waals surface area (Å²) in [6.07, 6.45) is 16.3. The second-order valence-corrected chi connectivity index (χ2v) is 4.69. The standard InChI is InChI=1S/C18H18N2O4/c21-17(5-3-15-7-9-19-13-15)23-11-1-2-12-24-18(22)6-4-16-8-10-20-14-16/h1-10,13-14,19-20H,11-12H2/b2-1+,5-3+,6-4+. The van der Waals surface area contributed by atoms with Crippen molar-refractivity contribution in [3.05, 3.63) is 72.4 Å². The van der Waals surface area contributed by atoms with Crippen LogP contribution in [-0.2, 0) is 19.1 Å². The average Bonchev–Trinajstić information content (AvgIpc) is 3.27. The van der Waals surface area contributed by atoms with Crippen LogP contribution in [0.1, 0.15) is 11.1 Å². The van der Waals surface area contributed by atoms with Gasteiger partial charge in [-0.3, -0.25) is 0 Å². The van der Waals surface area contributed by atoms with E-state index >= 15 is 0 Å². The Balaban J connectivity index is 1.57. The minimum absolute atomic E-state index is 0.118. The molecule has 0 aliphatic heterocycles. The Morgan fingerprint density at radius 1 is 0.833 bits per heavy atom. The molecule has 24 heavy (non-hydrogen) atoms. The zero-order valence-electron chi connectivity index (χ0n) is 13.0. The smallest absolute Gasteiger partial charge is 0.331 e. The van der Waals surface area contributed by atoms with Crippen molar-refractivity contribution in [3.63, 3.8) is 0 Å². The lowest BCUT2D eigenvalue weighted by atomic mass is 10.3. The third kappa shape index (κ3) is 6.65. The lowest BCUT2D eigenvalue weighted by Gasteiger charge is -1.98. The van der Waals surface area contributed by atoms with Gasteiger partial charge in [-0.2, -0.15) is 0 Å². The number of carbonyl (C=O) groups excluding carboxylic acids is 2. The highest BCUT2D eigenvalue weighted by atomic mass is 16.5. The molecule has 0 unspecified atom stereocenters. The van der Waals surface area contributed by atoms with Crippen LogP contribution in [0.15, 0.2) is 61.2 Å². The lowest BCUT2D eigenvalue weighted by molar-refractivity contribution is -0.137. The molecule has 124 valence electrons. The van der Waals surface area contributed by atoms with Crippen LogP contribution in [-0.4, -0.2) is 35.1 Å². The van der Waals surface area contributed by atoms with Gasteiger partial charge < -0.3 is 19.4 Å². The SMILES string of the molecule is O=C(/C=C/c1cc[nH]c1)OC/C=C/COC(=O)/C=C/c1cc[nH]c1. The summed E-state index contributed by atoms with van der Waals surface area (Å²) in [7, 11) is 0. The molecule has 0 aromatic carbocycles. The highest BCUT2D eigenvalue weighted by molar-refractivity contribution is 5.87. The highest BCUT2D eigenvalue weighted by Crippen LogP contribution is 2.00. The molecule has 2 heterocycles. The van der Waals surface area contributed by atoms with E-state index in [1.807, 2.05) is 12.1 Å². The molecule has 0 radical (unpaired) electrons. The number of aromatic amines is 2. The molecule has 0 atom stereocenters. The van der Waals surface area contributed by atoms with Gasteiger partial charge in [0.1, 0.15) is 13.2 Å². The fourth-order valence-electron chi connectivity index (χ4n) is 1.70. The van der Waals surface area contributed by atoms with E-state index in [1.54, 1.807) is 49.1 Å². The first-order valence-electron chi connectivity index (χ1n) is 7.34. The number of aromatic nitrogens is 2. The van der Waals surface area contributed by atoms with Crippen LogP contribution >= 0.6 is 0 Å². The molecule has 2 aromatic rings. The summed E-state index contributed by atoms with van der Waals surface area (Å²) < 4.78 is 9.93. The molecule has 0 aliphatic carbocycles. The van der Waals surface area contributed by atoms with Crippen LogP contribution in [0.3, 0.4) is 0 Å². The minimum atomic E-state index is -0.438. The Morgan fingerprint density at radius 3 is 1.67 bits per heavy atom. The van der Waals surface area contributed by atoms with Crippen molar-refractivity contribution in [1.29, 1.82) is 0 Å². The van der Waals surface area contributed by atoms with E-state index in [1.165, 1.54) is 12.2 Å². The first kappa shape index (κ1) is 17.1. The molecule has 0 bridgehead atoms. The molecule has 0 saturated carbocycles. The Kier molecular flexibility index (Phi) is 6.89.